The zero-order valence-electron chi connectivity index (χ0n) is 9.64. The average Bonchev–Trinajstić information content (AvgIpc) is 2.49. The summed E-state index contributed by atoms with van der Waals surface area (Å²) in [5.41, 5.74) is 1.16. The van der Waals surface area contributed by atoms with Gasteiger partial charge in [0.25, 0.3) is 0 Å². The lowest BCUT2D eigenvalue weighted by Crippen LogP contribution is -2.44. The molecule has 2 heterocycles. The van der Waals surface area contributed by atoms with Crippen LogP contribution in [0.1, 0.15) is 19.4 Å². The highest BCUT2D eigenvalue weighted by Crippen LogP contribution is 2.42. The van der Waals surface area contributed by atoms with Crippen LogP contribution in [0, 0.1) is 5.92 Å². The number of benzene rings is 1. The third kappa shape index (κ3) is 1.15. The van der Waals surface area contributed by atoms with Gasteiger partial charge in [0.15, 0.2) is 0 Å². The van der Waals surface area contributed by atoms with E-state index in [2.05, 4.69) is 22.9 Å². The zero-order valence-corrected chi connectivity index (χ0v) is 9.64. The fourth-order valence-corrected chi connectivity index (χ4v) is 2.65. The molecule has 1 N–H and O–H groups in total. The molecule has 1 aromatic rings. The zero-order chi connectivity index (χ0) is 11.3. The van der Waals surface area contributed by atoms with Gasteiger partial charge in [0.2, 0.25) is 0 Å². The second-order valence-electron chi connectivity index (χ2n) is 4.97. The van der Waals surface area contributed by atoms with Gasteiger partial charge in [-0.15, -0.1) is 0 Å². The Morgan fingerprint density at radius 2 is 2.19 bits per heavy atom. The molecule has 0 bridgehead atoms. The van der Waals surface area contributed by atoms with Crippen molar-refractivity contribution in [3.8, 4) is 0 Å². The molecule has 0 radical (unpaired) electrons. The maximum Gasteiger partial charge on any atom is 0.146 e. The first-order chi connectivity index (χ1) is 7.60. The molecule has 0 fully saturated rings. The van der Waals surface area contributed by atoms with Crippen LogP contribution in [0.2, 0.25) is 0 Å². The van der Waals surface area contributed by atoms with Crippen LogP contribution in [0.25, 0.3) is 0 Å². The van der Waals surface area contributed by atoms with Crippen LogP contribution in [0.15, 0.2) is 29.3 Å². The van der Waals surface area contributed by atoms with Crippen LogP contribution < -0.4 is 4.90 Å². The van der Waals surface area contributed by atoms with Gasteiger partial charge < -0.3 is 10.0 Å². The minimum absolute atomic E-state index is 0.547. The van der Waals surface area contributed by atoms with E-state index in [0.717, 1.165) is 30.2 Å². The molecule has 0 spiro atoms. The fourth-order valence-electron chi connectivity index (χ4n) is 2.65. The van der Waals surface area contributed by atoms with E-state index in [4.69, 9.17) is 0 Å². The molecule has 3 heteroatoms. The first-order valence-corrected chi connectivity index (χ1v) is 5.75. The number of nitrogens with zero attached hydrogens (tertiary/aromatic N) is 2. The molecule has 0 amide bonds. The molecule has 0 saturated carbocycles. The van der Waals surface area contributed by atoms with Crippen LogP contribution in [-0.2, 0) is 5.60 Å². The number of hydrogen-bond acceptors (Lipinski definition) is 3. The Bertz CT molecular complexity index is 465. The molecule has 0 aliphatic carbocycles. The second-order valence-corrected chi connectivity index (χ2v) is 4.97. The number of aliphatic hydroxyl groups is 1. The normalized spacial score (nSPS) is 32.1. The monoisotopic (exact) mass is 216 g/mol. The van der Waals surface area contributed by atoms with E-state index in [1.165, 1.54) is 0 Å². The number of amidine groups is 1. The quantitative estimate of drug-likeness (QED) is 0.717. The molecule has 0 unspecified atom stereocenters. The Labute approximate surface area is 95.4 Å². The smallest absolute Gasteiger partial charge is 0.146 e. The van der Waals surface area contributed by atoms with Crippen molar-refractivity contribution in [3.63, 3.8) is 0 Å². The van der Waals surface area contributed by atoms with Gasteiger partial charge in [-0.05, 0) is 18.9 Å². The number of hydrogen-bond donors (Lipinski definition) is 1. The highest BCUT2D eigenvalue weighted by Gasteiger charge is 2.45. The number of anilines is 1. The highest BCUT2D eigenvalue weighted by molar-refractivity contribution is 6.10. The van der Waals surface area contributed by atoms with Crippen molar-refractivity contribution in [3.05, 3.63) is 29.8 Å². The minimum Gasteiger partial charge on any atom is -0.377 e. The summed E-state index contributed by atoms with van der Waals surface area (Å²) >= 11 is 0. The maximum absolute atomic E-state index is 10.6. The van der Waals surface area contributed by atoms with Crippen LogP contribution >= 0.6 is 0 Å². The predicted molar refractivity (Wildman–Crippen MR) is 64.8 cm³/mol. The molecule has 0 aromatic heterocycles. The van der Waals surface area contributed by atoms with E-state index in [0.29, 0.717) is 5.92 Å². The molecule has 84 valence electrons. The molecule has 2 aliphatic heterocycles. The number of rotatable bonds is 0. The van der Waals surface area contributed by atoms with Crippen molar-refractivity contribution < 1.29 is 5.11 Å². The van der Waals surface area contributed by atoms with Crippen LogP contribution in [-0.4, -0.2) is 24.0 Å². The van der Waals surface area contributed by atoms with E-state index in [1.54, 1.807) is 0 Å². The average molecular weight is 216 g/mol. The Morgan fingerprint density at radius 3 is 3.00 bits per heavy atom. The Balaban J connectivity index is 2.19. The lowest BCUT2D eigenvalue weighted by Gasteiger charge is -2.30. The molecule has 2 aliphatic rings. The Kier molecular flexibility index (Phi) is 1.89. The van der Waals surface area contributed by atoms with Crippen LogP contribution in [0.4, 0.5) is 5.69 Å². The summed E-state index contributed by atoms with van der Waals surface area (Å²) in [4.78, 5) is 6.69. The Morgan fingerprint density at radius 1 is 1.44 bits per heavy atom. The highest BCUT2D eigenvalue weighted by atomic mass is 16.3. The largest absolute Gasteiger partial charge is 0.377 e. The van der Waals surface area contributed by atoms with Crippen LogP contribution in [0.5, 0.6) is 0 Å². The topological polar surface area (TPSA) is 35.8 Å². The lowest BCUT2D eigenvalue weighted by molar-refractivity contribution is 0.135. The summed E-state index contributed by atoms with van der Waals surface area (Å²) in [5, 5.41) is 10.6. The first kappa shape index (κ1) is 9.85. The Hall–Kier alpha value is -1.35. The van der Waals surface area contributed by atoms with Gasteiger partial charge in [-0.1, -0.05) is 25.1 Å². The number of para-hydroxylation sites is 1. The SMILES string of the molecule is C[C@H]1CN=C2N(C1)c1ccccc1[C@@]2(C)O. The molecule has 1 aromatic carbocycles. The van der Waals surface area contributed by atoms with Gasteiger partial charge >= 0.3 is 0 Å². The summed E-state index contributed by atoms with van der Waals surface area (Å²) in [6.07, 6.45) is 0. The second kappa shape index (κ2) is 3.08. The number of fused-ring (bicyclic) bond motifs is 3. The van der Waals surface area contributed by atoms with E-state index >= 15 is 0 Å². The minimum atomic E-state index is -0.920. The molecule has 3 rings (SSSR count). The molecule has 3 nitrogen and oxygen atoms in total. The van der Waals surface area contributed by atoms with E-state index in [1.807, 2.05) is 25.1 Å². The summed E-state index contributed by atoms with van der Waals surface area (Å²) in [5.74, 6) is 1.36. The molecular weight excluding hydrogens is 200 g/mol. The van der Waals surface area contributed by atoms with E-state index in [-0.39, 0.29) is 0 Å². The lowest BCUT2D eigenvalue weighted by atomic mass is 9.97. The third-order valence-corrected chi connectivity index (χ3v) is 3.46. The van der Waals surface area contributed by atoms with Crippen molar-refractivity contribution >= 4 is 11.5 Å². The van der Waals surface area contributed by atoms with E-state index < -0.39 is 5.60 Å². The summed E-state index contributed by atoms with van der Waals surface area (Å²) < 4.78 is 0. The third-order valence-electron chi connectivity index (χ3n) is 3.46. The van der Waals surface area contributed by atoms with Crippen molar-refractivity contribution in [2.45, 2.75) is 19.4 Å². The van der Waals surface area contributed by atoms with Crippen molar-refractivity contribution in [2.75, 3.05) is 18.0 Å². The van der Waals surface area contributed by atoms with Gasteiger partial charge in [0.05, 0.1) is 0 Å². The maximum atomic E-state index is 10.6. The first-order valence-electron chi connectivity index (χ1n) is 5.75. The predicted octanol–water partition coefficient (Wildman–Crippen LogP) is 1.76. The van der Waals surface area contributed by atoms with Gasteiger partial charge in [-0.3, -0.25) is 4.99 Å². The van der Waals surface area contributed by atoms with E-state index in [9.17, 15) is 5.11 Å². The standard InChI is InChI=1S/C13H16N2O/c1-9-7-14-12-13(2,16)10-5-3-4-6-11(10)15(12)8-9/h3-6,9,16H,7-8H2,1-2H3/t9-,13+/m0/s1. The fraction of sp³-hybridized carbons (Fsp3) is 0.462. The van der Waals surface area contributed by atoms with Crippen LogP contribution in [0.3, 0.4) is 0 Å². The van der Waals surface area contributed by atoms with Gasteiger partial charge in [0.1, 0.15) is 11.4 Å². The summed E-state index contributed by atoms with van der Waals surface area (Å²) in [6.45, 7) is 5.79. The van der Waals surface area contributed by atoms with Crippen molar-refractivity contribution in [2.24, 2.45) is 10.9 Å². The number of aliphatic imine (C=N–C) groups is 1. The summed E-state index contributed by atoms with van der Waals surface area (Å²) in [7, 11) is 0. The molecular formula is C13H16N2O. The van der Waals surface area contributed by atoms with Gasteiger partial charge in [-0.2, -0.15) is 0 Å². The van der Waals surface area contributed by atoms with Crippen molar-refractivity contribution in [1.82, 2.24) is 0 Å². The summed E-state index contributed by atoms with van der Waals surface area (Å²) in [6, 6.07) is 8.03. The van der Waals surface area contributed by atoms with Gasteiger partial charge in [0, 0.05) is 24.3 Å². The molecule has 0 saturated heterocycles. The van der Waals surface area contributed by atoms with Crippen molar-refractivity contribution in [1.29, 1.82) is 0 Å². The molecule has 2 atom stereocenters. The molecule has 16 heavy (non-hydrogen) atoms. The van der Waals surface area contributed by atoms with Gasteiger partial charge in [-0.25, -0.2) is 0 Å².